The van der Waals surface area contributed by atoms with Gasteiger partial charge in [0.15, 0.2) is 5.69 Å². The smallest absolute Gasteiger partial charge is 0.271 e. The summed E-state index contributed by atoms with van der Waals surface area (Å²) in [5, 5.41) is 12.1. The number of hydrogen-bond donors (Lipinski definition) is 1. The number of nitrogens with zero attached hydrogens (tertiary/aromatic N) is 4. The zero-order chi connectivity index (χ0) is 18.5. The fraction of sp³-hybridized carbons (Fsp3) is 0.333. The molecular formula is C18H18ClN5O2. The standard InChI is InChI=1S/C18H18ClN5O2/c1-12-2-3-13(8-14(12)9-20)10-21-17(25)16-15(19)11-22-18(23-16)24-4-6-26-7-5-24/h2-3,8,11H,4-7,10H2,1H3,(H,21,25). The second-order valence-electron chi connectivity index (χ2n) is 5.91. The topological polar surface area (TPSA) is 91.1 Å². The molecule has 7 nitrogen and oxygen atoms in total. The largest absolute Gasteiger partial charge is 0.378 e. The molecule has 0 spiro atoms. The zero-order valence-electron chi connectivity index (χ0n) is 14.3. The predicted octanol–water partition coefficient (Wildman–Crippen LogP) is 2.08. The van der Waals surface area contributed by atoms with Crippen LogP contribution < -0.4 is 10.2 Å². The molecule has 1 fully saturated rings. The van der Waals surface area contributed by atoms with Crippen LogP contribution >= 0.6 is 11.6 Å². The molecule has 2 aromatic rings. The first-order chi connectivity index (χ1) is 12.6. The van der Waals surface area contributed by atoms with Crippen LogP contribution in [0.25, 0.3) is 0 Å². The van der Waals surface area contributed by atoms with Gasteiger partial charge in [0.25, 0.3) is 5.91 Å². The minimum Gasteiger partial charge on any atom is -0.378 e. The van der Waals surface area contributed by atoms with Crippen molar-refractivity contribution in [2.75, 3.05) is 31.2 Å². The van der Waals surface area contributed by atoms with Gasteiger partial charge in [0.1, 0.15) is 0 Å². The third kappa shape index (κ3) is 4.10. The molecule has 0 aliphatic carbocycles. The zero-order valence-corrected chi connectivity index (χ0v) is 15.1. The van der Waals surface area contributed by atoms with Gasteiger partial charge < -0.3 is 15.0 Å². The van der Waals surface area contributed by atoms with E-state index in [0.29, 0.717) is 37.8 Å². The van der Waals surface area contributed by atoms with E-state index >= 15 is 0 Å². The van der Waals surface area contributed by atoms with Crippen LogP contribution in [0, 0.1) is 18.3 Å². The van der Waals surface area contributed by atoms with Crippen molar-refractivity contribution in [1.82, 2.24) is 15.3 Å². The quantitative estimate of drug-likeness (QED) is 0.884. The number of aromatic nitrogens is 2. The van der Waals surface area contributed by atoms with Crippen molar-refractivity contribution in [3.8, 4) is 6.07 Å². The monoisotopic (exact) mass is 371 g/mol. The lowest BCUT2D eigenvalue weighted by Gasteiger charge is -2.26. The highest BCUT2D eigenvalue weighted by Gasteiger charge is 2.19. The molecule has 1 saturated heterocycles. The number of benzene rings is 1. The van der Waals surface area contributed by atoms with E-state index in [9.17, 15) is 4.79 Å². The number of hydrogen-bond acceptors (Lipinski definition) is 6. The summed E-state index contributed by atoms with van der Waals surface area (Å²) in [6, 6.07) is 7.63. The predicted molar refractivity (Wildman–Crippen MR) is 97.1 cm³/mol. The van der Waals surface area contributed by atoms with Crippen LogP contribution in [0.4, 0.5) is 5.95 Å². The van der Waals surface area contributed by atoms with Gasteiger partial charge in [0.05, 0.1) is 36.1 Å². The fourth-order valence-corrected chi connectivity index (χ4v) is 2.78. The summed E-state index contributed by atoms with van der Waals surface area (Å²) in [4.78, 5) is 23.0. The Balaban J connectivity index is 1.72. The summed E-state index contributed by atoms with van der Waals surface area (Å²) in [5.41, 5.74) is 2.46. The van der Waals surface area contributed by atoms with E-state index in [-0.39, 0.29) is 23.2 Å². The number of nitriles is 1. The van der Waals surface area contributed by atoms with E-state index in [1.54, 1.807) is 6.07 Å². The molecule has 0 radical (unpaired) electrons. The second-order valence-corrected chi connectivity index (χ2v) is 6.32. The molecule has 2 heterocycles. The number of morpholine rings is 1. The number of rotatable bonds is 4. The van der Waals surface area contributed by atoms with E-state index in [4.69, 9.17) is 21.6 Å². The summed E-state index contributed by atoms with van der Waals surface area (Å²) in [5.74, 6) is 0.0796. The number of halogens is 1. The van der Waals surface area contributed by atoms with Crippen LogP contribution in [0.5, 0.6) is 0 Å². The van der Waals surface area contributed by atoms with Crippen molar-refractivity contribution < 1.29 is 9.53 Å². The van der Waals surface area contributed by atoms with Crippen molar-refractivity contribution in [2.24, 2.45) is 0 Å². The summed E-state index contributed by atoms with van der Waals surface area (Å²) in [6.07, 6.45) is 1.44. The van der Waals surface area contributed by atoms with Crippen molar-refractivity contribution in [2.45, 2.75) is 13.5 Å². The van der Waals surface area contributed by atoms with Gasteiger partial charge in [0.2, 0.25) is 5.95 Å². The van der Waals surface area contributed by atoms with E-state index in [1.165, 1.54) is 6.20 Å². The third-order valence-electron chi connectivity index (χ3n) is 4.12. The highest BCUT2D eigenvalue weighted by molar-refractivity contribution is 6.33. The first kappa shape index (κ1) is 18.1. The Kier molecular flexibility index (Phi) is 5.66. The molecule has 1 N–H and O–H groups in total. The first-order valence-electron chi connectivity index (χ1n) is 8.21. The number of anilines is 1. The number of amides is 1. The fourth-order valence-electron chi connectivity index (χ4n) is 2.60. The molecule has 26 heavy (non-hydrogen) atoms. The van der Waals surface area contributed by atoms with E-state index in [2.05, 4.69) is 21.4 Å². The Morgan fingerprint density at radius 2 is 2.19 bits per heavy atom. The van der Waals surface area contributed by atoms with E-state index in [1.807, 2.05) is 24.0 Å². The molecule has 1 aromatic heterocycles. The molecule has 1 aliphatic heterocycles. The Bertz CT molecular complexity index is 859. The summed E-state index contributed by atoms with van der Waals surface area (Å²) < 4.78 is 5.31. The Hall–Kier alpha value is -2.69. The molecule has 1 amide bonds. The van der Waals surface area contributed by atoms with Gasteiger partial charge in [-0.3, -0.25) is 4.79 Å². The van der Waals surface area contributed by atoms with Gasteiger partial charge in [-0.25, -0.2) is 9.97 Å². The van der Waals surface area contributed by atoms with Crippen molar-refractivity contribution >= 4 is 23.5 Å². The maximum atomic E-state index is 12.5. The highest BCUT2D eigenvalue weighted by Crippen LogP contribution is 2.18. The maximum absolute atomic E-state index is 12.5. The molecule has 0 atom stereocenters. The number of nitrogens with one attached hydrogen (secondary N) is 1. The molecule has 3 rings (SSSR count). The Labute approximate surface area is 156 Å². The Morgan fingerprint density at radius 3 is 2.92 bits per heavy atom. The normalized spacial score (nSPS) is 14.0. The lowest BCUT2D eigenvalue weighted by atomic mass is 10.1. The van der Waals surface area contributed by atoms with Gasteiger partial charge in [-0.1, -0.05) is 23.7 Å². The molecule has 1 aliphatic rings. The van der Waals surface area contributed by atoms with Crippen LogP contribution in [0.3, 0.4) is 0 Å². The molecule has 8 heteroatoms. The molecular weight excluding hydrogens is 354 g/mol. The maximum Gasteiger partial charge on any atom is 0.271 e. The average Bonchev–Trinajstić information content (AvgIpc) is 2.68. The second kappa shape index (κ2) is 8.13. The highest BCUT2D eigenvalue weighted by atomic mass is 35.5. The van der Waals surface area contributed by atoms with Crippen LogP contribution in [0.2, 0.25) is 5.02 Å². The minimum absolute atomic E-state index is 0.135. The van der Waals surface area contributed by atoms with Crippen LogP contribution in [0.15, 0.2) is 24.4 Å². The summed E-state index contributed by atoms with van der Waals surface area (Å²) in [6.45, 7) is 4.69. The van der Waals surface area contributed by atoms with Crippen molar-refractivity contribution in [3.05, 3.63) is 51.8 Å². The summed E-state index contributed by atoms with van der Waals surface area (Å²) >= 11 is 6.11. The van der Waals surface area contributed by atoms with Crippen molar-refractivity contribution in [1.29, 1.82) is 5.26 Å². The number of carbonyl (C=O) groups excluding carboxylic acids is 1. The van der Waals surface area contributed by atoms with E-state index < -0.39 is 0 Å². The minimum atomic E-state index is -0.383. The van der Waals surface area contributed by atoms with E-state index in [0.717, 1.165) is 11.1 Å². The van der Waals surface area contributed by atoms with Crippen LogP contribution in [-0.4, -0.2) is 42.2 Å². The number of carbonyl (C=O) groups is 1. The van der Waals surface area contributed by atoms with Crippen LogP contribution in [-0.2, 0) is 11.3 Å². The third-order valence-corrected chi connectivity index (χ3v) is 4.39. The Morgan fingerprint density at radius 1 is 1.42 bits per heavy atom. The van der Waals surface area contributed by atoms with Gasteiger partial charge >= 0.3 is 0 Å². The lowest BCUT2D eigenvalue weighted by molar-refractivity contribution is 0.0945. The van der Waals surface area contributed by atoms with Crippen LogP contribution in [0.1, 0.15) is 27.2 Å². The summed E-state index contributed by atoms with van der Waals surface area (Å²) in [7, 11) is 0. The average molecular weight is 372 g/mol. The van der Waals surface area contributed by atoms with Gasteiger partial charge in [0, 0.05) is 19.6 Å². The van der Waals surface area contributed by atoms with Gasteiger partial charge in [-0.05, 0) is 24.1 Å². The number of aryl methyl sites for hydroxylation is 1. The molecule has 1 aromatic carbocycles. The first-order valence-corrected chi connectivity index (χ1v) is 8.59. The molecule has 0 bridgehead atoms. The van der Waals surface area contributed by atoms with Gasteiger partial charge in [-0.15, -0.1) is 0 Å². The SMILES string of the molecule is Cc1ccc(CNC(=O)c2nc(N3CCOCC3)ncc2Cl)cc1C#N. The van der Waals surface area contributed by atoms with Crippen molar-refractivity contribution in [3.63, 3.8) is 0 Å². The molecule has 134 valence electrons. The van der Waals surface area contributed by atoms with Gasteiger partial charge in [-0.2, -0.15) is 5.26 Å². The lowest BCUT2D eigenvalue weighted by Crippen LogP contribution is -2.37. The molecule has 0 saturated carbocycles. The number of ether oxygens (including phenoxy) is 1. The molecule has 0 unspecified atom stereocenters.